The molecule has 1 aliphatic rings. The minimum Gasteiger partial charge on any atom is -0.398 e. The van der Waals surface area contributed by atoms with Crippen molar-refractivity contribution < 1.29 is 0 Å². The van der Waals surface area contributed by atoms with Gasteiger partial charge in [0, 0.05) is 23.3 Å². The number of nitrogen functional groups attached to an aromatic ring is 1. The van der Waals surface area contributed by atoms with E-state index in [0.717, 1.165) is 47.0 Å². The second-order valence-electron chi connectivity index (χ2n) is 4.81. The zero-order valence-electron chi connectivity index (χ0n) is 11.2. The van der Waals surface area contributed by atoms with E-state index in [1.54, 1.807) is 0 Å². The second-order valence-corrected chi connectivity index (χ2v) is 5.60. The molecule has 3 rings (SSSR count). The summed E-state index contributed by atoms with van der Waals surface area (Å²) in [6, 6.07) is 3.93. The van der Waals surface area contributed by atoms with E-state index in [9.17, 15) is 0 Å². The lowest BCUT2D eigenvalue weighted by molar-refractivity contribution is 0.679. The fourth-order valence-electron chi connectivity index (χ4n) is 2.65. The number of fused-ring (bicyclic) bond motifs is 2. The minimum atomic E-state index is 0. The largest absolute Gasteiger partial charge is 0.398 e. The topological polar surface area (TPSA) is 50.9 Å². The normalized spacial score (nSPS) is 13.9. The first-order valence-corrected chi connectivity index (χ1v) is 7.04. The fourth-order valence-corrected chi connectivity index (χ4v) is 3.28. The van der Waals surface area contributed by atoms with E-state index < -0.39 is 0 Å². The van der Waals surface area contributed by atoms with Crippen LogP contribution in [0.25, 0.3) is 10.9 Å². The summed E-state index contributed by atoms with van der Waals surface area (Å²) < 4.78 is 0.969. The predicted molar refractivity (Wildman–Crippen MR) is 93.1 cm³/mol. The molecule has 2 aromatic rings. The zero-order chi connectivity index (χ0) is 12.7. The molecule has 0 saturated carbocycles. The van der Waals surface area contributed by atoms with E-state index >= 15 is 0 Å². The van der Waals surface area contributed by atoms with Crippen molar-refractivity contribution in [3.05, 3.63) is 33.4 Å². The summed E-state index contributed by atoms with van der Waals surface area (Å²) in [5.74, 6) is 0. The first-order chi connectivity index (χ1) is 8.68. The molecule has 2 heterocycles. The number of halogens is 3. The molecule has 20 heavy (non-hydrogen) atoms. The van der Waals surface area contributed by atoms with Crippen LogP contribution in [-0.2, 0) is 13.0 Å². The van der Waals surface area contributed by atoms with Crippen molar-refractivity contribution in [3.63, 3.8) is 0 Å². The van der Waals surface area contributed by atoms with E-state index in [1.807, 2.05) is 12.1 Å². The standard InChI is InChI=1S/C14H16BrN3.2ClH/c1-8-9-7-17-6-2-3-11(9)18-12-5-4-10(16)14(15)13(8)12;;/h4-5,17H,2-3,6-7,16H2,1H3;2*1H. The number of hydrogen-bond donors (Lipinski definition) is 2. The van der Waals surface area contributed by atoms with Crippen molar-refractivity contribution in [1.82, 2.24) is 10.3 Å². The molecule has 0 unspecified atom stereocenters. The van der Waals surface area contributed by atoms with Crippen molar-refractivity contribution in [2.75, 3.05) is 12.3 Å². The number of nitrogens with two attached hydrogens (primary N) is 1. The summed E-state index contributed by atoms with van der Waals surface area (Å²) in [6.45, 7) is 4.14. The van der Waals surface area contributed by atoms with Gasteiger partial charge in [0.25, 0.3) is 0 Å². The molecule has 0 saturated heterocycles. The quantitative estimate of drug-likeness (QED) is 0.686. The van der Waals surface area contributed by atoms with Crippen LogP contribution < -0.4 is 11.1 Å². The number of rotatable bonds is 0. The fraction of sp³-hybridized carbons (Fsp3) is 0.357. The molecule has 0 radical (unpaired) electrons. The van der Waals surface area contributed by atoms with Gasteiger partial charge in [0.15, 0.2) is 0 Å². The molecule has 1 aliphatic heterocycles. The highest BCUT2D eigenvalue weighted by atomic mass is 79.9. The van der Waals surface area contributed by atoms with Crippen LogP contribution in [0.15, 0.2) is 16.6 Å². The van der Waals surface area contributed by atoms with E-state index in [1.165, 1.54) is 16.8 Å². The summed E-state index contributed by atoms with van der Waals surface area (Å²) >= 11 is 3.59. The number of hydrogen-bond acceptors (Lipinski definition) is 3. The molecular formula is C14H18BrCl2N3. The van der Waals surface area contributed by atoms with Gasteiger partial charge >= 0.3 is 0 Å². The average molecular weight is 379 g/mol. The predicted octanol–water partition coefficient (Wildman–Crippen LogP) is 3.77. The highest BCUT2D eigenvalue weighted by Crippen LogP contribution is 2.34. The third-order valence-corrected chi connectivity index (χ3v) is 4.50. The molecule has 6 heteroatoms. The molecule has 1 aromatic heterocycles. The maximum atomic E-state index is 5.97. The van der Waals surface area contributed by atoms with Gasteiger partial charge in [-0.05, 0) is 65.5 Å². The van der Waals surface area contributed by atoms with E-state index in [4.69, 9.17) is 10.7 Å². The molecule has 0 fully saturated rings. The van der Waals surface area contributed by atoms with Crippen molar-refractivity contribution in [3.8, 4) is 0 Å². The lowest BCUT2D eigenvalue weighted by atomic mass is 10.00. The lowest BCUT2D eigenvalue weighted by Crippen LogP contribution is -2.13. The summed E-state index contributed by atoms with van der Waals surface area (Å²) in [5, 5.41) is 4.61. The Bertz CT molecular complexity index is 632. The summed E-state index contributed by atoms with van der Waals surface area (Å²) in [5.41, 5.74) is 11.7. The molecule has 0 spiro atoms. The van der Waals surface area contributed by atoms with Gasteiger partial charge in [-0.2, -0.15) is 0 Å². The van der Waals surface area contributed by atoms with E-state index in [0.29, 0.717) is 0 Å². The molecule has 0 aliphatic carbocycles. The maximum absolute atomic E-state index is 5.97. The van der Waals surface area contributed by atoms with Gasteiger partial charge in [-0.1, -0.05) is 0 Å². The first-order valence-electron chi connectivity index (χ1n) is 6.25. The second kappa shape index (κ2) is 6.94. The van der Waals surface area contributed by atoms with E-state index in [2.05, 4.69) is 28.2 Å². The van der Waals surface area contributed by atoms with Gasteiger partial charge in [0.1, 0.15) is 0 Å². The summed E-state index contributed by atoms with van der Waals surface area (Å²) in [7, 11) is 0. The van der Waals surface area contributed by atoms with Crippen molar-refractivity contribution >= 4 is 57.3 Å². The van der Waals surface area contributed by atoms with Crippen LogP contribution in [0.5, 0.6) is 0 Å². The number of aryl methyl sites for hydroxylation is 2. The molecule has 110 valence electrons. The Kier molecular flexibility index (Phi) is 6.07. The highest BCUT2D eigenvalue weighted by molar-refractivity contribution is 9.10. The molecule has 1 aromatic carbocycles. The third kappa shape index (κ3) is 2.89. The minimum absolute atomic E-state index is 0. The van der Waals surface area contributed by atoms with Gasteiger partial charge in [0.05, 0.1) is 9.99 Å². The molecule has 0 atom stereocenters. The van der Waals surface area contributed by atoms with Crippen molar-refractivity contribution in [1.29, 1.82) is 0 Å². The maximum Gasteiger partial charge on any atom is 0.0721 e. The van der Waals surface area contributed by atoms with Gasteiger partial charge in [-0.25, -0.2) is 0 Å². The molecule has 0 amide bonds. The highest BCUT2D eigenvalue weighted by Gasteiger charge is 2.16. The molecule has 0 bridgehead atoms. The Hall–Kier alpha value is -0.550. The van der Waals surface area contributed by atoms with Crippen LogP contribution in [0.1, 0.15) is 23.2 Å². The number of benzene rings is 1. The van der Waals surface area contributed by atoms with Crippen LogP contribution >= 0.6 is 40.7 Å². The number of nitrogens with zero attached hydrogens (tertiary/aromatic N) is 1. The van der Waals surface area contributed by atoms with Crippen molar-refractivity contribution in [2.45, 2.75) is 26.3 Å². The van der Waals surface area contributed by atoms with Crippen LogP contribution in [0, 0.1) is 6.92 Å². The third-order valence-electron chi connectivity index (χ3n) is 3.65. The van der Waals surface area contributed by atoms with Gasteiger partial charge in [0.2, 0.25) is 0 Å². The number of aromatic nitrogens is 1. The molecule has 3 N–H and O–H groups in total. The number of nitrogens with one attached hydrogen (secondary N) is 1. The van der Waals surface area contributed by atoms with Crippen LogP contribution in [0.2, 0.25) is 0 Å². The Morgan fingerprint density at radius 3 is 2.80 bits per heavy atom. The van der Waals surface area contributed by atoms with E-state index in [-0.39, 0.29) is 24.8 Å². The molecule has 3 nitrogen and oxygen atoms in total. The summed E-state index contributed by atoms with van der Waals surface area (Å²) in [6.07, 6.45) is 2.21. The SMILES string of the molecule is Cc1c2c(nc3ccc(N)c(Br)c13)CCCNC2.Cl.Cl. The Labute approximate surface area is 139 Å². The van der Waals surface area contributed by atoms with Crippen LogP contribution in [0.3, 0.4) is 0 Å². The van der Waals surface area contributed by atoms with Gasteiger partial charge < -0.3 is 11.1 Å². The number of anilines is 1. The Balaban J connectivity index is 0.000001000. The summed E-state index contributed by atoms with van der Waals surface area (Å²) in [4.78, 5) is 4.81. The van der Waals surface area contributed by atoms with Crippen LogP contribution in [0.4, 0.5) is 5.69 Å². The van der Waals surface area contributed by atoms with Crippen LogP contribution in [-0.4, -0.2) is 11.5 Å². The number of pyridine rings is 1. The zero-order valence-corrected chi connectivity index (χ0v) is 14.4. The smallest absolute Gasteiger partial charge is 0.0721 e. The van der Waals surface area contributed by atoms with Gasteiger partial charge in [-0.15, -0.1) is 24.8 Å². The molecular weight excluding hydrogens is 361 g/mol. The first kappa shape index (κ1) is 17.5. The lowest BCUT2D eigenvalue weighted by Gasteiger charge is -2.14. The Morgan fingerprint density at radius 2 is 2.05 bits per heavy atom. The van der Waals surface area contributed by atoms with Crippen molar-refractivity contribution in [2.24, 2.45) is 0 Å². The monoisotopic (exact) mass is 377 g/mol. The van der Waals surface area contributed by atoms with Gasteiger partial charge in [-0.3, -0.25) is 4.98 Å². The average Bonchev–Trinajstić information content (AvgIpc) is 2.59. The Morgan fingerprint density at radius 1 is 1.30 bits per heavy atom.